The second-order valence-electron chi connectivity index (χ2n) is 7.36. The lowest BCUT2D eigenvalue weighted by atomic mass is 10.1. The van der Waals surface area contributed by atoms with E-state index >= 15 is 0 Å². The number of benzene rings is 1. The van der Waals surface area contributed by atoms with Crippen LogP contribution in [0.2, 0.25) is 0 Å². The lowest BCUT2D eigenvalue weighted by Gasteiger charge is -2.32. The van der Waals surface area contributed by atoms with Gasteiger partial charge in [0.2, 0.25) is 15.9 Å². The van der Waals surface area contributed by atoms with Gasteiger partial charge in [-0.05, 0) is 62.3 Å². The third-order valence-corrected chi connectivity index (χ3v) is 6.84. The number of anilines is 1. The van der Waals surface area contributed by atoms with Gasteiger partial charge in [0.1, 0.15) is 11.9 Å². The molecule has 0 spiro atoms. The molecule has 0 bridgehead atoms. The molecule has 4 rings (SSSR count). The number of aromatic nitrogens is 2. The van der Waals surface area contributed by atoms with Crippen LogP contribution in [0.1, 0.15) is 36.1 Å². The maximum Gasteiger partial charge on any atom is 0.246 e. The fraction of sp³-hybridized carbons (Fsp3) is 0.474. The molecule has 0 radical (unpaired) electrons. The zero-order chi connectivity index (χ0) is 19.2. The van der Waals surface area contributed by atoms with Gasteiger partial charge in [-0.1, -0.05) is 6.07 Å². The van der Waals surface area contributed by atoms with Gasteiger partial charge in [-0.25, -0.2) is 8.42 Å². The monoisotopic (exact) mass is 388 g/mol. The summed E-state index contributed by atoms with van der Waals surface area (Å²) in [4.78, 5) is 14.8. The summed E-state index contributed by atoms with van der Waals surface area (Å²) in [7, 11) is -1.96. The molecule has 7 nitrogen and oxygen atoms in total. The molecule has 1 aliphatic carbocycles. The van der Waals surface area contributed by atoms with Crippen LogP contribution in [-0.2, 0) is 34.7 Å². The van der Waals surface area contributed by atoms with Crippen molar-refractivity contribution in [2.24, 2.45) is 7.05 Å². The van der Waals surface area contributed by atoms with E-state index in [0.717, 1.165) is 36.9 Å². The Morgan fingerprint density at radius 2 is 1.93 bits per heavy atom. The largest absolute Gasteiger partial charge is 0.296 e. The highest BCUT2D eigenvalue weighted by Gasteiger charge is 2.34. The first-order valence-corrected chi connectivity index (χ1v) is 10.8. The number of amides is 1. The summed E-state index contributed by atoms with van der Waals surface area (Å²) in [6, 6.07) is 6.37. The lowest BCUT2D eigenvalue weighted by Crippen LogP contribution is -2.52. The molecule has 0 saturated carbocycles. The van der Waals surface area contributed by atoms with Crippen LogP contribution in [0.3, 0.4) is 0 Å². The molecular weight excluding hydrogens is 364 g/mol. The van der Waals surface area contributed by atoms with Crippen molar-refractivity contribution in [3.05, 3.63) is 41.1 Å². The molecule has 1 aromatic carbocycles. The number of rotatable bonds is 4. The van der Waals surface area contributed by atoms with E-state index in [2.05, 4.69) is 9.82 Å². The maximum atomic E-state index is 12.9. The Labute approximate surface area is 159 Å². The Morgan fingerprint density at radius 3 is 2.67 bits per heavy atom. The minimum atomic E-state index is -3.74. The third kappa shape index (κ3) is 3.39. The van der Waals surface area contributed by atoms with E-state index in [1.807, 2.05) is 19.1 Å². The Kier molecular flexibility index (Phi) is 4.55. The van der Waals surface area contributed by atoms with E-state index < -0.39 is 16.1 Å². The quantitative estimate of drug-likeness (QED) is 0.864. The molecule has 8 heteroatoms. The summed E-state index contributed by atoms with van der Waals surface area (Å²) >= 11 is 0. The van der Waals surface area contributed by atoms with Crippen molar-refractivity contribution in [2.45, 2.75) is 50.0 Å². The summed E-state index contributed by atoms with van der Waals surface area (Å²) in [6.07, 6.45) is 4.20. The molecule has 1 atom stereocenters. The highest BCUT2D eigenvalue weighted by Crippen LogP contribution is 2.26. The number of sulfonamides is 1. The predicted molar refractivity (Wildman–Crippen MR) is 102 cm³/mol. The smallest absolute Gasteiger partial charge is 0.246 e. The van der Waals surface area contributed by atoms with Crippen LogP contribution in [-0.4, -0.2) is 36.7 Å². The fourth-order valence-electron chi connectivity index (χ4n) is 4.03. The van der Waals surface area contributed by atoms with Gasteiger partial charge in [-0.2, -0.15) is 9.82 Å². The standard InChI is InChI=1S/C19H24N4O3S/c1-13-11-18(22(2)20-13)23-10-4-7-17(19(23)24)21-27(25,26)16-9-8-14-5-3-6-15(14)12-16/h8-9,11-12,17,21H,3-7,10H2,1-2H3/t17-/m1/s1. The number of nitrogens with one attached hydrogen (secondary N) is 1. The van der Waals surface area contributed by atoms with Crippen LogP contribution >= 0.6 is 0 Å². The van der Waals surface area contributed by atoms with Crippen molar-refractivity contribution in [2.75, 3.05) is 11.4 Å². The van der Waals surface area contributed by atoms with Crippen molar-refractivity contribution in [3.8, 4) is 0 Å². The Bertz CT molecular complexity index is 996. The minimum absolute atomic E-state index is 0.228. The van der Waals surface area contributed by atoms with Gasteiger partial charge in [0.15, 0.2) is 0 Å². The zero-order valence-corrected chi connectivity index (χ0v) is 16.4. The molecule has 1 aromatic heterocycles. The highest BCUT2D eigenvalue weighted by molar-refractivity contribution is 7.89. The van der Waals surface area contributed by atoms with Crippen LogP contribution in [0, 0.1) is 6.92 Å². The molecule has 2 aliphatic rings. The van der Waals surface area contributed by atoms with E-state index in [1.165, 1.54) is 5.56 Å². The molecule has 144 valence electrons. The highest BCUT2D eigenvalue weighted by atomic mass is 32.2. The van der Waals surface area contributed by atoms with E-state index in [-0.39, 0.29) is 10.8 Å². The van der Waals surface area contributed by atoms with E-state index in [9.17, 15) is 13.2 Å². The van der Waals surface area contributed by atoms with E-state index in [1.54, 1.807) is 28.8 Å². The number of piperidine rings is 1. The van der Waals surface area contributed by atoms with Crippen LogP contribution < -0.4 is 9.62 Å². The van der Waals surface area contributed by atoms with Crippen molar-refractivity contribution >= 4 is 21.7 Å². The molecule has 1 saturated heterocycles. The second-order valence-corrected chi connectivity index (χ2v) is 9.07. The fourth-order valence-corrected chi connectivity index (χ4v) is 5.31. The Morgan fingerprint density at radius 1 is 1.15 bits per heavy atom. The van der Waals surface area contributed by atoms with Gasteiger partial charge in [-0.15, -0.1) is 0 Å². The summed E-state index contributed by atoms with van der Waals surface area (Å²) in [5, 5.41) is 4.29. The Balaban J connectivity index is 1.56. The van der Waals surface area contributed by atoms with E-state index in [4.69, 9.17) is 0 Å². The van der Waals surface area contributed by atoms with Gasteiger partial charge in [0.25, 0.3) is 0 Å². The van der Waals surface area contributed by atoms with Gasteiger partial charge in [-0.3, -0.25) is 14.4 Å². The summed E-state index contributed by atoms with van der Waals surface area (Å²) in [5.41, 5.74) is 3.14. The first-order chi connectivity index (χ1) is 12.8. The summed E-state index contributed by atoms with van der Waals surface area (Å²) < 4.78 is 30.0. The van der Waals surface area contributed by atoms with Crippen molar-refractivity contribution in [1.82, 2.24) is 14.5 Å². The number of carbonyl (C=O) groups is 1. The second kappa shape index (κ2) is 6.76. The van der Waals surface area contributed by atoms with Crippen LogP contribution in [0.5, 0.6) is 0 Å². The van der Waals surface area contributed by atoms with Crippen LogP contribution in [0.25, 0.3) is 0 Å². The van der Waals surface area contributed by atoms with E-state index in [0.29, 0.717) is 18.8 Å². The molecular formula is C19H24N4O3S. The van der Waals surface area contributed by atoms with Gasteiger partial charge in [0.05, 0.1) is 10.6 Å². The average Bonchev–Trinajstić information content (AvgIpc) is 3.21. The topological polar surface area (TPSA) is 84.3 Å². The summed E-state index contributed by atoms with van der Waals surface area (Å²) in [6.45, 7) is 2.43. The van der Waals surface area contributed by atoms with Gasteiger partial charge in [0, 0.05) is 19.7 Å². The SMILES string of the molecule is Cc1cc(N2CCC[C@@H](NS(=O)(=O)c3ccc4c(c3)CCC4)C2=O)n(C)n1. The number of aryl methyl sites for hydroxylation is 4. The third-order valence-electron chi connectivity index (χ3n) is 5.37. The molecule has 1 amide bonds. The van der Waals surface area contributed by atoms with Crippen LogP contribution in [0.4, 0.5) is 5.82 Å². The molecule has 2 heterocycles. The number of hydrogen-bond donors (Lipinski definition) is 1. The first kappa shape index (κ1) is 18.2. The van der Waals surface area contributed by atoms with Gasteiger partial charge < -0.3 is 0 Å². The number of hydrogen-bond acceptors (Lipinski definition) is 4. The van der Waals surface area contributed by atoms with Crippen molar-refractivity contribution < 1.29 is 13.2 Å². The summed E-state index contributed by atoms with van der Waals surface area (Å²) in [5.74, 6) is 0.466. The van der Waals surface area contributed by atoms with Gasteiger partial charge >= 0.3 is 0 Å². The molecule has 0 unspecified atom stereocenters. The van der Waals surface area contributed by atoms with Crippen molar-refractivity contribution in [1.29, 1.82) is 0 Å². The molecule has 1 fully saturated rings. The Hall–Kier alpha value is -2.19. The molecule has 1 N–H and O–H groups in total. The number of nitrogens with zero attached hydrogens (tertiary/aromatic N) is 3. The molecule has 2 aromatic rings. The van der Waals surface area contributed by atoms with Crippen molar-refractivity contribution in [3.63, 3.8) is 0 Å². The van der Waals surface area contributed by atoms with Crippen LogP contribution in [0.15, 0.2) is 29.2 Å². The predicted octanol–water partition coefficient (Wildman–Crippen LogP) is 1.69. The maximum absolute atomic E-state index is 12.9. The average molecular weight is 388 g/mol. The normalized spacial score (nSPS) is 20.1. The zero-order valence-electron chi connectivity index (χ0n) is 15.6. The number of fused-ring (bicyclic) bond motifs is 1. The number of carbonyl (C=O) groups excluding carboxylic acids is 1. The first-order valence-electron chi connectivity index (χ1n) is 9.31. The molecule has 27 heavy (non-hydrogen) atoms. The minimum Gasteiger partial charge on any atom is -0.296 e. The lowest BCUT2D eigenvalue weighted by molar-refractivity contribution is -0.121. The molecule has 1 aliphatic heterocycles.